The monoisotopic (exact) mass is 719 g/mol. The second-order valence-corrected chi connectivity index (χ2v) is 15.0. The molecular weight excluding hydrogens is 633 g/mol. The molecule has 0 heterocycles. The molecular formula is C46H86O5. The summed E-state index contributed by atoms with van der Waals surface area (Å²) in [6.45, 7) is 9.15. The van der Waals surface area contributed by atoms with Gasteiger partial charge in [0.2, 0.25) is 0 Å². The molecule has 0 aromatic carbocycles. The van der Waals surface area contributed by atoms with Gasteiger partial charge in [-0.3, -0.25) is 9.59 Å². The quantitative estimate of drug-likeness (QED) is 0.0272. The summed E-state index contributed by atoms with van der Waals surface area (Å²) in [5, 5.41) is 0. The van der Waals surface area contributed by atoms with Crippen molar-refractivity contribution in [1.82, 2.24) is 0 Å². The number of carbonyl (C=O) groups is 2. The number of hydrogen-bond acceptors (Lipinski definition) is 5. The highest BCUT2D eigenvalue weighted by Crippen LogP contribution is 2.20. The lowest BCUT2D eigenvalue weighted by molar-refractivity contribution is -0.157. The molecule has 0 saturated heterocycles. The molecule has 0 N–H and O–H groups in total. The van der Waals surface area contributed by atoms with Gasteiger partial charge in [-0.15, -0.1) is 0 Å². The van der Waals surface area contributed by atoms with Gasteiger partial charge in [0.1, 0.15) is 26.2 Å². The first-order valence-corrected chi connectivity index (χ1v) is 22.3. The minimum absolute atomic E-state index is 0.0750. The van der Waals surface area contributed by atoms with Crippen molar-refractivity contribution in [1.29, 1.82) is 0 Å². The number of rotatable bonds is 42. The molecule has 2 atom stereocenters. The van der Waals surface area contributed by atoms with E-state index < -0.39 is 0 Å². The molecule has 0 spiro atoms. The predicted molar refractivity (Wildman–Crippen MR) is 219 cm³/mol. The Bertz CT molecular complexity index is 727. The second-order valence-electron chi connectivity index (χ2n) is 15.0. The number of aldehydes is 2. The molecule has 0 aliphatic carbocycles. The minimum Gasteiger partial charge on any atom is -0.347 e. The Morgan fingerprint density at radius 3 is 0.961 bits per heavy atom. The minimum atomic E-state index is -0.251. The Morgan fingerprint density at radius 1 is 0.392 bits per heavy atom. The highest BCUT2D eigenvalue weighted by Gasteiger charge is 2.17. The molecule has 51 heavy (non-hydrogen) atoms. The van der Waals surface area contributed by atoms with Crippen LogP contribution in [0.2, 0.25) is 0 Å². The van der Waals surface area contributed by atoms with Gasteiger partial charge in [-0.05, 0) is 38.5 Å². The van der Waals surface area contributed by atoms with Crippen LogP contribution in [0.25, 0.3) is 0 Å². The van der Waals surface area contributed by atoms with Gasteiger partial charge in [0, 0.05) is 11.1 Å². The molecule has 5 heteroatoms. The first-order chi connectivity index (χ1) is 25.2. The first-order valence-electron chi connectivity index (χ1n) is 22.3. The normalized spacial score (nSPS) is 13.5. The van der Waals surface area contributed by atoms with Crippen LogP contribution in [0.4, 0.5) is 0 Å². The highest BCUT2D eigenvalue weighted by atomic mass is 16.7. The average Bonchev–Trinajstić information content (AvgIpc) is 3.14. The Kier molecular flexibility index (Phi) is 40.4. The van der Waals surface area contributed by atoms with Crippen molar-refractivity contribution in [2.75, 3.05) is 13.6 Å². The number of carbonyl (C=O) groups excluding carboxylic acids is 2. The molecule has 0 aromatic rings. The number of hydrogen-bond donors (Lipinski definition) is 0. The van der Waals surface area contributed by atoms with Gasteiger partial charge in [0.05, 0.1) is 12.2 Å². The van der Waals surface area contributed by atoms with Crippen LogP contribution in [-0.4, -0.2) is 38.4 Å². The zero-order valence-corrected chi connectivity index (χ0v) is 34.5. The lowest BCUT2D eigenvalue weighted by atomic mass is 10.0. The summed E-state index contributed by atoms with van der Waals surface area (Å²) in [7, 11) is 0. The van der Waals surface area contributed by atoms with Crippen LogP contribution in [0.1, 0.15) is 233 Å². The lowest BCUT2D eigenvalue weighted by Crippen LogP contribution is -2.22. The maximum atomic E-state index is 12.2. The van der Waals surface area contributed by atoms with Crippen molar-refractivity contribution in [3.8, 4) is 0 Å². The van der Waals surface area contributed by atoms with Gasteiger partial charge in [0.25, 0.3) is 0 Å². The third-order valence-corrected chi connectivity index (χ3v) is 10.2. The van der Waals surface area contributed by atoms with Gasteiger partial charge in [-0.1, -0.05) is 207 Å². The summed E-state index contributed by atoms with van der Waals surface area (Å²) in [5.74, 6) is 0. The molecule has 0 radical (unpaired) electrons. The summed E-state index contributed by atoms with van der Waals surface area (Å²) in [4.78, 5) is 24.4. The van der Waals surface area contributed by atoms with Crippen LogP contribution < -0.4 is 0 Å². The molecule has 0 rings (SSSR count). The molecule has 0 aromatic heterocycles. The molecule has 0 aliphatic heterocycles. The van der Waals surface area contributed by atoms with Crippen LogP contribution >= 0.6 is 0 Å². The van der Waals surface area contributed by atoms with E-state index in [2.05, 4.69) is 39.8 Å². The maximum absolute atomic E-state index is 12.2. The second kappa shape index (κ2) is 41.5. The molecule has 0 fully saturated rings. The summed E-state index contributed by atoms with van der Waals surface area (Å²) >= 11 is 0. The zero-order chi connectivity index (χ0) is 37.3. The fourth-order valence-electron chi connectivity index (χ4n) is 6.81. The molecule has 0 bridgehead atoms. The summed E-state index contributed by atoms with van der Waals surface area (Å²) in [5.41, 5.74) is 1.51. The van der Waals surface area contributed by atoms with E-state index in [4.69, 9.17) is 14.2 Å². The van der Waals surface area contributed by atoms with E-state index in [1.807, 2.05) is 0 Å². The first kappa shape index (κ1) is 49.7. The van der Waals surface area contributed by atoms with Crippen LogP contribution in [0.5, 0.6) is 0 Å². The number of unbranched alkanes of at least 4 members (excludes halogenated alkanes) is 26. The van der Waals surface area contributed by atoms with E-state index in [1.165, 1.54) is 141 Å². The summed E-state index contributed by atoms with van der Waals surface area (Å²) in [6.07, 6.45) is 44.2. The molecule has 0 saturated carbocycles. The van der Waals surface area contributed by atoms with E-state index in [-0.39, 0.29) is 25.8 Å². The highest BCUT2D eigenvalue weighted by molar-refractivity contribution is 5.75. The number of ether oxygens (including phenoxy) is 3. The third kappa shape index (κ3) is 33.0. The summed E-state index contributed by atoms with van der Waals surface area (Å²) in [6, 6.07) is 0. The van der Waals surface area contributed by atoms with E-state index in [0.717, 1.165) is 87.9 Å². The largest absolute Gasteiger partial charge is 0.347 e. The Hall–Kier alpha value is -1.30. The van der Waals surface area contributed by atoms with Crippen molar-refractivity contribution in [3.63, 3.8) is 0 Å². The Balaban J connectivity index is 5.03. The van der Waals surface area contributed by atoms with E-state index in [9.17, 15) is 9.59 Å². The third-order valence-electron chi connectivity index (χ3n) is 10.2. The van der Waals surface area contributed by atoms with E-state index >= 15 is 0 Å². The van der Waals surface area contributed by atoms with Crippen molar-refractivity contribution >= 4 is 12.6 Å². The van der Waals surface area contributed by atoms with Crippen LogP contribution in [0.15, 0.2) is 23.3 Å². The van der Waals surface area contributed by atoms with Gasteiger partial charge in [-0.25, -0.2) is 0 Å². The molecule has 300 valence electrons. The molecule has 0 aliphatic rings. The van der Waals surface area contributed by atoms with E-state index in [0.29, 0.717) is 0 Å². The standard InChI is InChI=1S/C46H86O5/c1-5-9-13-17-21-23-25-27-31-35-43(39-47)45(37-33-29-19-15-11-7-3)50-41-49-42-51-46(38-34-30-20-16-12-8-4)44(40-48)36-32-28-26-24-22-18-14-10-6-2/h35-36,39-40,45-46H,5-34,37-38,41-42H2,1-4H3. The van der Waals surface area contributed by atoms with Crippen molar-refractivity contribution in [2.45, 2.75) is 245 Å². The molecule has 2 unspecified atom stereocenters. The average molecular weight is 719 g/mol. The number of allylic oxidation sites excluding steroid dienone is 2. The Labute approximate surface area is 317 Å². The van der Waals surface area contributed by atoms with Gasteiger partial charge >= 0.3 is 0 Å². The molecule has 0 amide bonds. The topological polar surface area (TPSA) is 61.8 Å². The van der Waals surface area contributed by atoms with Gasteiger partial charge in [-0.2, -0.15) is 0 Å². The van der Waals surface area contributed by atoms with Crippen LogP contribution in [-0.2, 0) is 23.8 Å². The fraction of sp³-hybridized carbons (Fsp3) is 0.870. The van der Waals surface area contributed by atoms with E-state index in [1.54, 1.807) is 0 Å². The zero-order valence-electron chi connectivity index (χ0n) is 34.5. The van der Waals surface area contributed by atoms with Gasteiger partial charge < -0.3 is 14.2 Å². The fourth-order valence-corrected chi connectivity index (χ4v) is 6.81. The van der Waals surface area contributed by atoms with Gasteiger partial charge in [0.15, 0.2) is 0 Å². The Morgan fingerprint density at radius 2 is 0.667 bits per heavy atom. The lowest BCUT2D eigenvalue weighted by Gasteiger charge is -2.21. The SMILES string of the molecule is CCCCCCCCCCC=C(C=O)C(CCCCCCCC)OCOCOC(CCCCCCCC)C(C=O)=CCCCCCCCCCC. The van der Waals surface area contributed by atoms with Crippen molar-refractivity contribution in [3.05, 3.63) is 23.3 Å². The summed E-state index contributed by atoms with van der Waals surface area (Å²) < 4.78 is 18.3. The van der Waals surface area contributed by atoms with Crippen molar-refractivity contribution < 1.29 is 23.8 Å². The van der Waals surface area contributed by atoms with Crippen molar-refractivity contribution in [2.24, 2.45) is 0 Å². The van der Waals surface area contributed by atoms with Crippen LogP contribution in [0.3, 0.4) is 0 Å². The maximum Gasteiger partial charge on any atom is 0.150 e. The van der Waals surface area contributed by atoms with Crippen LogP contribution in [0, 0.1) is 0 Å². The smallest absolute Gasteiger partial charge is 0.150 e. The predicted octanol–water partition coefficient (Wildman–Crippen LogP) is 14.5. The molecule has 5 nitrogen and oxygen atoms in total.